The highest BCUT2D eigenvalue weighted by Gasteiger charge is 2.45. The third-order valence-electron chi connectivity index (χ3n) is 21.7. The molecule has 50 nitrogen and oxygen atoms in total. The first-order valence-electron chi connectivity index (χ1n) is 34.3. The molecule has 50 heteroatoms. The summed E-state index contributed by atoms with van der Waals surface area (Å²) < 4.78 is 10.6. The summed E-state index contributed by atoms with van der Waals surface area (Å²) >= 11 is 0. The Kier molecular flexibility index (Phi) is 16.4. The molecule has 2 aromatic heterocycles. The first-order valence-corrected chi connectivity index (χ1v) is 34.3. The summed E-state index contributed by atoms with van der Waals surface area (Å²) in [5.74, 6) is -78.5. The quantitative estimate of drug-likeness (QED) is 0.0437. The van der Waals surface area contributed by atoms with Crippen LogP contribution in [-0.4, -0.2) is 245 Å². The molecule has 0 aliphatic heterocycles. The number of rotatable bonds is 5. The highest BCUT2D eigenvalue weighted by Crippen LogP contribution is 2.74. The third kappa shape index (κ3) is 9.40. The van der Waals surface area contributed by atoms with Gasteiger partial charge in [-0.25, -0.2) is 0 Å². The van der Waals surface area contributed by atoms with Crippen molar-refractivity contribution >= 4 is 109 Å². The molecule has 15 aromatic carbocycles. The Hall–Kier alpha value is -20.1. The van der Waals surface area contributed by atoms with E-state index in [1.165, 1.54) is 0 Å². The molecule has 0 bridgehead atoms. The Morgan fingerprint density at radius 3 is 0.422 bits per heavy atom. The van der Waals surface area contributed by atoms with Gasteiger partial charge in [0.15, 0.2) is 137 Å². The average molecular weight is 1790 g/mol. The van der Waals surface area contributed by atoms with E-state index in [4.69, 9.17) is 8.83 Å². The van der Waals surface area contributed by atoms with Crippen molar-refractivity contribution in [2.75, 3.05) is 0 Å². The van der Waals surface area contributed by atoms with Crippen molar-refractivity contribution in [1.29, 1.82) is 0 Å². The number of benzene rings is 15. The van der Waals surface area contributed by atoms with Crippen LogP contribution in [0.15, 0.2) is 8.83 Å². The van der Waals surface area contributed by atoms with Gasteiger partial charge in [0.05, 0.1) is 54.6 Å². The van der Waals surface area contributed by atoms with Crippen LogP contribution < -0.4 is 0 Å². The maximum atomic E-state index is 12.4. The molecule has 0 amide bonds. The van der Waals surface area contributed by atoms with Crippen molar-refractivity contribution in [2.24, 2.45) is 0 Å². The topological polar surface area (TPSA) is 997 Å². The van der Waals surface area contributed by atoms with Crippen LogP contribution >= 0.6 is 0 Å². The maximum absolute atomic E-state index is 12.4. The molecule has 660 valence electrons. The Balaban J connectivity index is 0.000000190. The van der Waals surface area contributed by atoms with Crippen molar-refractivity contribution in [3.05, 3.63) is 0 Å². The highest BCUT2D eigenvalue weighted by molar-refractivity contribution is 6.36. The maximum Gasteiger partial charge on any atom is 0.208 e. The molecule has 0 saturated carbocycles. The molecule has 17 rings (SSSR count). The zero-order valence-corrected chi connectivity index (χ0v) is 61.3. The summed E-state index contributed by atoms with van der Waals surface area (Å²) in [7, 11) is 0. The molecule has 0 aliphatic rings. The molecular formula is C78H48O50. The predicted octanol–water partition coefficient (Wildman–Crippen LogP) is 8.29. The SMILES string of the molecule is Oc1c(O)c(O)c(-c2c(O)c(-c3c4c(O)c(O)c(O)c(O)c4c(-c4c(O)c(O)c5oc6c(O)c(O)c(O)c(O)c6c5c4O)c4c(O)c(O)c(O)c(O)c34)c(O)c3c(O)c(O)c(O)c(O)c23)c(O)c1O.Oc1c(O)c(O)c2c(oc3c(O)c(O)c(-c4c5c(O)c(O)c(O)c(O)c5c(-c5c(O)c(O)c(O)c6c(O)c(O)c(O)c(O)c56)c5c(O)c(O)c(O)c(O)c45)c(O)c32)c1O. The minimum absolute atomic E-state index is 0.929. The molecule has 0 atom stereocenters. The molecule has 0 radical (unpaired) electrons. The number of hydrogen-bond donors (Lipinski definition) is 48. The lowest BCUT2D eigenvalue weighted by molar-refractivity contribution is 0.329. The lowest BCUT2D eigenvalue weighted by atomic mass is 9.80. The van der Waals surface area contributed by atoms with Crippen molar-refractivity contribution in [2.45, 2.75) is 0 Å². The van der Waals surface area contributed by atoms with Gasteiger partial charge in [-0.2, -0.15) is 0 Å². The predicted molar refractivity (Wildman–Crippen MR) is 420 cm³/mol. The molecule has 128 heavy (non-hydrogen) atoms. The Labute approximate surface area is 691 Å². The molecule has 48 N–H and O–H groups in total. The van der Waals surface area contributed by atoms with Crippen molar-refractivity contribution < 1.29 is 254 Å². The van der Waals surface area contributed by atoms with Crippen LogP contribution in [0.25, 0.3) is 164 Å². The van der Waals surface area contributed by atoms with E-state index in [9.17, 15) is 245 Å². The first-order chi connectivity index (χ1) is 59.7. The van der Waals surface area contributed by atoms with E-state index < -0.39 is 440 Å². The minimum Gasteiger partial charge on any atom is -0.506 e. The smallest absolute Gasteiger partial charge is 0.208 e. The fourth-order valence-corrected chi connectivity index (χ4v) is 15.9. The van der Waals surface area contributed by atoms with Crippen LogP contribution in [0.4, 0.5) is 0 Å². The van der Waals surface area contributed by atoms with Crippen LogP contribution in [0.5, 0.6) is 276 Å². The normalized spacial score (nSPS) is 11.8. The van der Waals surface area contributed by atoms with E-state index in [1.807, 2.05) is 0 Å². The van der Waals surface area contributed by atoms with Gasteiger partial charge in [0.25, 0.3) is 0 Å². The van der Waals surface area contributed by atoms with E-state index in [2.05, 4.69) is 0 Å². The van der Waals surface area contributed by atoms with Crippen molar-refractivity contribution in [1.82, 2.24) is 0 Å². The van der Waals surface area contributed by atoms with Gasteiger partial charge in [-0.3, -0.25) is 0 Å². The Bertz CT molecular complexity index is 8060. The zero-order valence-electron chi connectivity index (χ0n) is 61.3. The van der Waals surface area contributed by atoms with Crippen LogP contribution in [0, 0.1) is 0 Å². The van der Waals surface area contributed by atoms with E-state index in [0.29, 0.717) is 0 Å². The van der Waals surface area contributed by atoms with E-state index >= 15 is 0 Å². The molecular weight excluding hydrogens is 1740 g/mol. The summed E-state index contributed by atoms with van der Waals surface area (Å²) in [4.78, 5) is 0. The van der Waals surface area contributed by atoms with Crippen LogP contribution in [0.1, 0.15) is 0 Å². The highest BCUT2D eigenvalue weighted by atomic mass is 16.4. The largest absolute Gasteiger partial charge is 0.506 e. The molecule has 2 heterocycles. The molecule has 0 aliphatic carbocycles. The number of fused-ring (bicyclic) bond motifs is 12. The number of hydrogen-bond acceptors (Lipinski definition) is 50. The van der Waals surface area contributed by atoms with E-state index in [-0.39, 0.29) is 0 Å². The lowest BCUT2D eigenvalue weighted by Gasteiger charge is -2.25. The van der Waals surface area contributed by atoms with Crippen molar-refractivity contribution in [3.63, 3.8) is 0 Å². The summed E-state index contributed by atoms with van der Waals surface area (Å²) in [5.41, 5.74) is -18.4. The number of phenols is 48. The second-order valence-electron chi connectivity index (χ2n) is 28.0. The standard InChI is InChI=1S/C42H26O27.C36H22O23/c43-15-7(12-24(52)34(62)37(65)35(63)25(12)53)8-11(23(51)33(61)32(60)22(8)50)16(44)9(15)1-3-5(20(48)30(58)28(56)18(3)46)2(6-4(1)19(47)29(57)31(59)21(6)49)10-17(45)13-14-27(55)36(64)38(66)40(68)42(14)69-41(13)39(67)26(10)54;37-13-9(22(46)33(57)35-11(13)12-23(47)31(55)32(56)34(58)36(12)59-35)2-6-3(15(39)25(49)27(51)17(6)41)1(4-7(2)18(42)28(52)26(50)16(4)40)5-8-10(20(44)24(48)14(5)38)21(45)30(54)29(53)19(8)43/h43-68H;37-58H. The zero-order chi connectivity index (χ0) is 94.4. The van der Waals surface area contributed by atoms with Crippen LogP contribution in [0.3, 0.4) is 0 Å². The van der Waals surface area contributed by atoms with Gasteiger partial charge >= 0.3 is 0 Å². The Morgan fingerprint density at radius 1 is 0.0703 bits per heavy atom. The Morgan fingerprint density at radius 2 is 0.180 bits per heavy atom. The van der Waals surface area contributed by atoms with Gasteiger partial charge in [-0.05, 0) is 0 Å². The molecule has 0 unspecified atom stereocenters. The average Bonchev–Trinajstić information content (AvgIpc) is 0.816. The fraction of sp³-hybridized carbons (Fsp3) is 0. The van der Waals surface area contributed by atoms with Gasteiger partial charge in [-0.1, -0.05) is 0 Å². The van der Waals surface area contributed by atoms with Gasteiger partial charge in [-0.15, -0.1) is 0 Å². The van der Waals surface area contributed by atoms with Crippen LogP contribution in [-0.2, 0) is 0 Å². The van der Waals surface area contributed by atoms with Crippen LogP contribution in [0.2, 0.25) is 0 Å². The van der Waals surface area contributed by atoms with Crippen molar-refractivity contribution in [3.8, 4) is 332 Å². The molecule has 17 aromatic rings. The lowest BCUT2D eigenvalue weighted by Crippen LogP contribution is -1.98. The molecule has 0 spiro atoms. The fourth-order valence-electron chi connectivity index (χ4n) is 15.9. The second kappa shape index (κ2) is 25.7. The van der Waals surface area contributed by atoms with Gasteiger partial charge in [0.1, 0.15) is 23.0 Å². The molecule has 0 saturated heterocycles. The third-order valence-corrected chi connectivity index (χ3v) is 21.7. The summed E-state index contributed by atoms with van der Waals surface area (Å²) in [6, 6.07) is 0. The van der Waals surface area contributed by atoms with Gasteiger partial charge in [0.2, 0.25) is 138 Å². The van der Waals surface area contributed by atoms with E-state index in [0.717, 1.165) is 0 Å². The van der Waals surface area contributed by atoms with Gasteiger partial charge in [0, 0.05) is 87.2 Å². The summed E-state index contributed by atoms with van der Waals surface area (Å²) in [5, 5.41) is 511. The monoisotopic (exact) mass is 1780 g/mol. The minimum atomic E-state index is -1.86. The van der Waals surface area contributed by atoms with E-state index in [1.54, 1.807) is 0 Å². The first kappa shape index (κ1) is 81.6. The summed E-state index contributed by atoms with van der Waals surface area (Å²) in [6.07, 6.45) is 0. The second-order valence-corrected chi connectivity index (χ2v) is 28.0. The molecule has 0 fully saturated rings. The van der Waals surface area contributed by atoms with Gasteiger partial charge < -0.3 is 254 Å². The number of phenolic OH excluding ortho intramolecular Hbond substituents is 48. The number of aromatic hydroxyl groups is 48. The number of furan rings is 2. The summed E-state index contributed by atoms with van der Waals surface area (Å²) in [6.45, 7) is 0.